The minimum Gasteiger partial charge on any atom is -0.492 e. The van der Waals surface area contributed by atoms with E-state index in [0.717, 1.165) is 56.8 Å². The number of hydrogen-bond donors (Lipinski definition) is 1. The molecule has 3 aromatic rings. The molecule has 8 nitrogen and oxygen atoms in total. The Balaban J connectivity index is 1.72. The lowest BCUT2D eigenvalue weighted by Crippen LogP contribution is -2.21. The molecule has 0 atom stereocenters. The number of rotatable bonds is 5. The Hall–Kier alpha value is -2.30. The van der Waals surface area contributed by atoms with Gasteiger partial charge in [-0.15, -0.1) is 11.3 Å². The summed E-state index contributed by atoms with van der Waals surface area (Å²) in [5.74, 6) is 2.23. The highest BCUT2D eigenvalue weighted by Crippen LogP contribution is 2.40. The van der Waals surface area contributed by atoms with E-state index in [1.165, 1.54) is 0 Å². The van der Waals surface area contributed by atoms with Gasteiger partial charge in [0.05, 0.1) is 18.6 Å². The number of aryl methyl sites for hydroxylation is 1. The van der Waals surface area contributed by atoms with E-state index in [2.05, 4.69) is 28.7 Å². The maximum Gasteiger partial charge on any atom is 0.209 e. The molecule has 0 radical (unpaired) electrons. The molecule has 0 fully saturated rings. The summed E-state index contributed by atoms with van der Waals surface area (Å²) < 4.78 is 33.1. The van der Waals surface area contributed by atoms with Crippen LogP contribution in [0.3, 0.4) is 0 Å². The Bertz CT molecular complexity index is 1160. The number of thiazole rings is 1. The van der Waals surface area contributed by atoms with Crippen LogP contribution in [0.15, 0.2) is 18.2 Å². The lowest BCUT2D eigenvalue weighted by Gasteiger charge is -2.10. The second kappa shape index (κ2) is 7.51. The summed E-state index contributed by atoms with van der Waals surface area (Å²) in [5.41, 5.74) is 2.65. The van der Waals surface area contributed by atoms with Gasteiger partial charge in [0.1, 0.15) is 11.6 Å². The van der Waals surface area contributed by atoms with Gasteiger partial charge in [-0.3, -0.25) is 0 Å². The number of nitrogens with one attached hydrogen (secondary N) is 1. The number of aromatic nitrogens is 4. The van der Waals surface area contributed by atoms with E-state index in [-0.39, 0.29) is 12.6 Å². The van der Waals surface area contributed by atoms with Crippen LogP contribution < -0.4 is 9.46 Å². The molecule has 1 aliphatic rings. The summed E-state index contributed by atoms with van der Waals surface area (Å²) in [6, 6.07) is 5.91. The molecule has 1 aromatic carbocycles. The number of fused-ring (bicyclic) bond motifs is 3. The summed E-state index contributed by atoms with van der Waals surface area (Å²) in [4.78, 5) is 10.6. The van der Waals surface area contributed by atoms with Crippen molar-refractivity contribution in [2.24, 2.45) is 0 Å². The number of hydrogen-bond acceptors (Lipinski definition) is 7. The maximum absolute atomic E-state index is 11.4. The Morgan fingerprint density at radius 2 is 2.10 bits per heavy atom. The summed E-state index contributed by atoms with van der Waals surface area (Å²) >= 11 is 1.62. The second-order valence-electron chi connectivity index (χ2n) is 7.33. The summed E-state index contributed by atoms with van der Waals surface area (Å²) in [6.07, 6.45) is 1.90. The van der Waals surface area contributed by atoms with Crippen molar-refractivity contribution in [3.63, 3.8) is 0 Å². The van der Waals surface area contributed by atoms with Crippen LogP contribution in [-0.4, -0.2) is 41.0 Å². The number of benzene rings is 1. The smallest absolute Gasteiger partial charge is 0.209 e. The summed E-state index contributed by atoms with van der Waals surface area (Å²) in [5, 5.41) is 5.35. The van der Waals surface area contributed by atoms with Crippen LogP contribution in [0.2, 0.25) is 0 Å². The summed E-state index contributed by atoms with van der Waals surface area (Å²) in [6.45, 7) is 6.80. The molecular formula is C19H23N5O3S2. The molecule has 4 rings (SSSR count). The molecular weight excluding hydrogens is 410 g/mol. The van der Waals surface area contributed by atoms with Crippen molar-refractivity contribution in [3.8, 4) is 27.8 Å². The zero-order valence-corrected chi connectivity index (χ0v) is 18.4. The van der Waals surface area contributed by atoms with Crippen LogP contribution in [0.4, 0.5) is 0 Å². The third-order valence-electron chi connectivity index (χ3n) is 4.54. The van der Waals surface area contributed by atoms with Crippen molar-refractivity contribution in [2.45, 2.75) is 39.8 Å². The van der Waals surface area contributed by atoms with Crippen LogP contribution in [0.5, 0.6) is 5.75 Å². The van der Waals surface area contributed by atoms with Gasteiger partial charge >= 0.3 is 0 Å². The molecule has 0 amide bonds. The minimum absolute atomic E-state index is 0.190. The van der Waals surface area contributed by atoms with Crippen molar-refractivity contribution in [2.75, 3.05) is 12.9 Å². The highest BCUT2D eigenvalue weighted by atomic mass is 32.2. The number of nitrogens with zero attached hydrogens (tertiary/aromatic N) is 4. The monoisotopic (exact) mass is 433 g/mol. The Morgan fingerprint density at radius 3 is 2.83 bits per heavy atom. The molecule has 0 saturated carbocycles. The van der Waals surface area contributed by atoms with Gasteiger partial charge in [-0.2, -0.15) is 5.10 Å². The van der Waals surface area contributed by atoms with Gasteiger partial charge in [0.25, 0.3) is 0 Å². The molecule has 29 heavy (non-hydrogen) atoms. The number of ether oxygens (including phenoxy) is 1. The molecule has 0 spiro atoms. The third-order valence-corrected chi connectivity index (χ3v) is 6.32. The van der Waals surface area contributed by atoms with E-state index in [1.54, 1.807) is 11.3 Å². The Labute approximate surface area is 174 Å². The van der Waals surface area contributed by atoms with Gasteiger partial charge in [-0.25, -0.2) is 27.8 Å². The number of sulfonamides is 1. The highest BCUT2D eigenvalue weighted by Gasteiger charge is 2.24. The second-order valence-corrected chi connectivity index (χ2v) is 10.3. The fourth-order valence-electron chi connectivity index (χ4n) is 3.22. The van der Waals surface area contributed by atoms with Gasteiger partial charge < -0.3 is 4.74 Å². The summed E-state index contributed by atoms with van der Waals surface area (Å²) in [7, 11) is -3.25. The van der Waals surface area contributed by atoms with E-state index < -0.39 is 10.0 Å². The first-order chi connectivity index (χ1) is 13.7. The Morgan fingerprint density at radius 1 is 1.31 bits per heavy atom. The van der Waals surface area contributed by atoms with Crippen LogP contribution in [0.1, 0.15) is 36.2 Å². The van der Waals surface area contributed by atoms with Gasteiger partial charge in [-0.1, -0.05) is 6.07 Å². The predicted octanol–water partition coefficient (Wildman–Crippen LogP) is 2.94. The lowest BCUT2D eigenvalue weighted by atomic mass is 10.1. The predicted molar refractivity (Wildman–Crippen MR) is 113 cm³/mol. The average molecular weight is 434 g/mol. The molecule has 0 aliphatic carbocycles. The average Bonchev–Trinajstić information content (AvgIpc) is 3.19. The fraction of sp³-hybridized carbons (Fsp3) is 0.421. The molecule has 1 aliphatic heterocycles. The molecule has 1 N–H and O–H groups in total. The first-order valence-electron chi connectivity index (χ1n) is 9.35. The van der Waals surface area contributed by atoms with Gasteiger partial charge in [0, 0.05) is 29.4 Å². The molecule has 0 saturated heterocycles. The van der Waals surface area contributed by atoms with Crippen molar-refractivity contribution >= 4 is 21.4 Å². The van der Waals surface area contributed by atoms with Gasteiger partial charge in [0.15, 0.2) is 10.8 Å². The Kier molecular flexibility index (Phi) is 5.18. The highest BCUT2D eigenvalue weighted by molar-refractivity contribution is 7.88. The van der Waals surface area contributed by atoms with Crippen LogP contribution in [-0.2, 0) is 23.0 Å². The lowest BCUT2D eigenvalue weighted by molar-refractivity contribution is 0.327. The van der Waals surface area contributed by atoms with E-state index >= 15 is 0 Å². The van der Waals surface area contributed by atoms with E-state index in [4.69, 9.17) is 9.72 Å². The zero-order valence-electron chi connectivity index (χ0n) is 16.8. The molecule has 0 bridgehead atoms. The van der Waals surface area contributed by atoms with Crippen molar-refractivity contribution in [1.82, 2.24) is 24.5 Å². The standard InChI is InChI=1S/C19H23N5O3S2/c1-11(2)24-18(21-12(3)23-24)19-22-17-14-6-5-13(10-20-29(4,25)26)9-15(14)27-8-7-16(17)28-19/h5-6,9,11,20H,7-8,10H2,1-4H3. The minimum atomic E-state index is -3.25. The molecule has 2 aromatic heterocycles. The first kappa shape index (κ1) is 20.0. The fourth-order valence-corrected chi connectivity index (χ4v) is 4.69. The molecule has 3 heterocycles. The SMILES string of the molecule is Cc1nc(-c2nc3c(s2)CCOc2cc(CNS(C)(=O)=O)ccc2-3)n(C(C)C)n1. The van der Waals surface area contributed by atoms with E-state index in [1.807, 2.05) is 29.8 Å². The zero-order chi connectivity index (χ0) is 20.8. The molecule has 0 unspecified atom stereocenters. The normalized spacial score (nSPS) is 13.7. The van der Waals surface area contributed by atoms with Crippen LogP contribution in [0.25, 0.3) is 22.1 Å². The van der Waals surface area contributed by atoms with Crippen LogP contribution in [0, 0.1) is 6.92 Å². The van der Waals surface area contributed by atoms with Crippen LogP contribution >= 0.6 is 11.3 Å². The quantitative estimate of drug-likeness (QED) is 0.664. The van der Waals surface area contributed by atoms with Crippen molar-refractivity contribution < 1.29 is 13.2 Å². The maximum atomic E-state index is 11.4. The molecule has 154 valence electrons. The molecule has 10 heteroatoms. The van der Waals surface area contributed by atoms with Gasteiger partial charge in [-0.05, 0) is 38.5 Å². The van der Waals surface area contributed by atoms with Gasteiger partial charge in [0.2, 0.25) is 10.0 Å². The first-order valence-corrected chi connectivity index (χ1v) is 12.1. The topological polar surface area (TPSA) is 99.0 Å². The van der Waals surface area contributed by atoms with Crippen molar-refractivity contribution in [3.05, 3.63) is 34.5 Å². The van der Waals surface area contributed by atoms with E-state index in [0.29, 0.717) is 6.61 Å². The van der Waals surface area contributed by atoms with E-state index in [9.17, 15) is 8.42 Å². The largest absolute Gasteiger partial charge is 0.492 e. The van der Waals surface area contributed by atoms with Crippen molar-refractivity contribution in [1.29, 1.82) is 0 Å². The third kappa shape index (κ3) is 4.19.